The van der Waals surface area contributed by atoms with Crippen LogP contribution in [0.1, 0.15) is 36.2 Å². The zero-order chi connectivity index (χ0) is 19.9. The van der Waals surface area contributed by atoms with Crippen molar-refractivity contribution in [1.29, 1.82) is 0 Å². The summed E-state index contributed by atoms with van der Waals surface area (Å²) < 4.78 is 5.41. The fraction of sp³-hybridized carbons (Fsp3) is 0.190. The number of esters is 1. The van der Waals surface area contributed by atoms with Crippen LogP contribution in [0, 0.1) is 0 Å². The summed E-state index contributed by atoms with van der Waals surface area (Å²) in [6.07, 6.45) is 2.22. The quantitative estimate of drug-likeness (QED) is 0.299. The normalized spacial score (nSPS) is 12.1. The van der Waals surface area contributed by atoms with Gasteiger partial charge in [-0.25, -0.2) is 9.78 Å². The number of carbonyl (C=O) groups excluding carboxylic acids is 1. The monoisotopic (exact) mass is 413 g/mol. The number of nitrogens with one attached hydrogen (secondary N) is 1. The lowest BCUT2D eigenvalue weighted by Crippen LogP contribution is -2.15. The molecule has 0 fully saturated rings. The number of rotatable bonds is 7. The Labute approximate surface area is 173 Å². The average molecular weight is 414 g/mol. The Morgan fingerprint density at radius 3 is 2.82 bits per heavy atom. The van der Waals surface area contributed by atoms with Gasteiger partial charge in [0.05, 0.1) is 23.6 Å². The molecule has 7 heteroatoms. The molecule has 28 heavy (non-hydrogen) atoms. The van der Waals surface area contributed by atoms with E-state index < -0.39 is 0 Å². The van der Waals surface area contributed by atoms with E-state index in [4.69, 9.17) is 16.3 Å². The van der Waals surface area contributed by atoms with Crippen molar-refractivity contribution in [3.8, 4) is 11.3 Å². The van der Waals surface area contributed by atoms with Crippen LogP contribution in [0.5, 0.6) is 0 Å². The Balaban J connectivity index is 1.71. The van der Waals surface area contributed by atoms with Crippen LogP contribution in [0.3, 0.4) is 0 Å². The number of carbonyl (C=O) groups is 1. The lowest BCUT2D eigenvalue weighted by Gasteiger charge is -2.11. The van der Waals surface area contributed by atoms with Crippen LogP contribution in [0.2, 0.25) is 5.02 Å². The number of halogens is 1. The maximum atomic E-state index is 12.3. The van der Waals surface area contributed by atoms with Crippen LogP contribution in [-0.2, 0) is 4.74 Å². The second kappa shape index (κ2) is 9.48. The largest absolute Gasteiger partial charge is 0.459 e. The first-order valence-corrected chi connectivity index (χ1v) is 10.1. The fourth-order valence-electron chi connectivity index (χ4n) is 2.40. The number of benzene rings is 2. The summed E-state index contributed by atoms with van der Waals surface area (Å²) in [4.78, 5) is 16.8. The van der Waals surface area contributed by atoms with Gasteiger partial charge in [0.2, 0.25) is 5.13 Å². The molecule has 0 bridgehead atoms. The molecule has 1 unspecified atom stereocenters. The van der Waals surface area contributed by atoms with Crippen molar-refractivity contribution in [2.24, 2.45) is 5.10 Å². The van der Waals surface area contributed by atoms with Crippen molar-refractivity contribution in [3.05, 3.63) is 70.1 Å². The summed E-state index contributed by atoms with van der Waals surface area (Å²) >= 11 is 7.64. The predicted molar refractivity (Wildman–Crippen MR) is 115 cm³/mol. The molecule has 5 nitrogen and oxygen atoms in total. The first-order valence-electron chi connectivity index (χ1n) is 8.88. The molecule has 3 aromatic rings. The molecule has 1 aromatic heterocycles. The van der Waals surface area contributed by atoms with Gasteiger partial charge in [-0.1, -0.05) is 54.9 Å². The molecule has 0 aliphatic heterocycles. The van der Waals surface area contributed by atoms with Crippen LogP contribution in [0.25, 0.3) is 11.3 Å². The second-order valence-corrected chi connectivity index (χ2v) is 7.36. The minimum Gasteiger partial charge on any atom is -0.459 e. The predicted octanol–water partition coefficient (Wildman–Crippen LogP) is 5.86. The number of aromatic nitrogens is 1. The lowest BCUT2D eigenvalue weighted by atomic mass is 10.1. The van der Waals surface area contributed by atoms with Crippen LogP contribution in [-0.4, -0.2) is 23.3 Å². The number of hydrazone groups is 1. The van der Waals surface area contributed by atoms with Gasteiger partial charge >= 0.3 is 5.97 Å². The number of nitrogens with zero attached hydrogens (tertiary/aromatic N) is 2. The Morgan fingerprint density at radius 2 is 2.04 bits per heavy atom. The van der Waals surface area contributed by atoms with Gasteiger partial charge in [-0.3, -0.25) is 5.43 Å². The van der Waals surface area contributed by atoms with Gasteiger partial charge in [0.25, 0.3) is 0 Å². The molecule has 3 rings (SSSR count). The van der Waals surface area contributed by atoms with E-state index in [1.54, 1.807) is 18.3 Å². The highest BCUT2D eigenvalue weighted by molar-refractivity contribution is 7.14. The molecule has 0 aliphatic carbocycles. The van der Waals surface area contributed by atoms with E-state index in [2.05, 4.69) is 15.5 Å². The van der Waals surface area contributed by atoms with E-state index in [1.165, 1.54) is 11.3 Å². The van der Waals surface area contributed by atoms with E-state index in [1.807, 2.05) is 55.6 Å². The molecule has 0 saturated carbocycles. The first kappa shape index (κ1) is 20.0. The SMILES string of the molecule is CCC(C)OC(=O)c1ccccc1/C=N/Nc1nc(-c2ccccc2Cl)cs1. The topological polar surface area (TPSA) is 63.6 Å². The second-order valence-electron chi connectivity index (χ2n) is 6.10. The number of hydrogen-bond donors (Lipinski definition) is 1. The molecule has 0 aliphatic rings. The number of ether oxygens (including phenoxy) is 1. The third-order valence-corrected chi connectivity index (χ3v) is 5.16. The van der Waals surface area contributed by atoms with Crippen LogP contribution >= 0.6 is 22.9 Å². The highest BCUT2D eigenvalue weighted by Gasteiger charge is 2.14. The fourth-order valence-corrected chi connectivity index (χ4v) is 3.29. The standard InChI is InChI=1S/C21H20ClN3O2S/c1-3-14(2)27-20(26)16-9-5-4-8-15(16)12-23-25-21-24-19(13-28-21)17-10-6-7-11-18(17)22/h4-14H,3H2,1-2H3,(H,24,25)/b23-12+. The van der Waals surface area contributed by atoms with Crippen LogP contribution in [0.4, 0.5) is 5.13 Å². The third-order valence-electron chi connectivity index (χ3n) is 4.08. The molecule has 144 valence electrons. The van der Waals surface area contributed by atoms with Crippen LogP contribution in [0.15, 0.2) is 59.0 Å². The third kappa shape index (κ3) is 4.97. The molecule has 1 heterocycles. The first-order chi connectivity index (χ1) is 13.6. The minimum absolute atomic E-state index is 0.130. The van der Waals surface area contributed by atoms with Gasteiger partial charge in [0.1, 0.15) is 0 Å². The van der Waals surface area contributed by atoms with Gasteiger partial charge in [-0.05, 0) is 25.5 Å². The van der Waals surface area contributed by atoms with Crippen molar-refractivity contribution < 1.29 is 9.53 Å². The van der Waals surface area contributed by atoms with Crippen molar-refractivity contribution >= 4 is 40.3 Å². The van der Waals surface area contributed by atoms with Gasteiger partial charge in [-0.2, -0.15) is 5.10 Å². The van der Waals surface area contributed by atoms with Crippen molar-refractivity contribution in [1.82, 2.24) is 4.98 Å². The Kier molecular flexibility index (Phi) is 6.79. The maximum Gasteiger partial charge on any atom is 0.339 e. The van der Waals surface area contributed by atoms with Gasteiger partial charge in [-0.15, -0.1) is 11.3 Å². The van der Waals surface area contributed by atoms with Crippen molar-refractivity contribution in [3.63, 3.8) is 0 Å². The summed E-state index contributed by atoms with van der Waals surface area (Å²) in [6, 6.07) is 14.7. The van der Waals surface area contributed by atoms with Crippen molar-refractivity contribution in [2.75, 3.05) is 5.43 Å². The highest BCUT2D eigenvalue weighted by atomic mass is 35.5. The lowest BCUT2D eigenvalue weighted by molar-refractivity contribution is 0.0334. The Hall–Kier alpha value is -2.70. The van der Waals surface area contributed by atoms with E-state index >= 15 is 0 Å². The van der Waals surface area contributed by atoms with E-state index in [0.29, 0.717) is 21.3 Å². The molecule has 1 atom stereocenters. The van der Waals surface area contributed by atoms with E-state index in [9.17, 15) is 4.79 Å². The number of hydrogen-bond acceptors (Lipinski definition) is 6. The Bertz CT molecular complexity index is 987. The molecular weight excluding hydrogens is 394 g/mol. The summed E-state index contributed by atoms with van der Waals surface area (Å²) in [5.74, 6) is -0.355. The summed E-state index contributed by atoms with van der Waals surface area (Å²) in [7, 11) is 0. The zero-order valence-electron chi connectivity index (χ0n) is 15.6. The molecule has 1 N–H and O–H groups in total. The minimum atomic E-state index is -0.355. The highest BCUT2D eigenvalue weighted by Crippen LogP contribution is 2.30. The Morgan fingerprint density at radius 1 is 1.29 bits per heavy atom. The smallest absolute Gasteiger partial charge is 0.339 e. The van der Waals surface area contributed by atoms with Gasteiger partial charge < -0.3 is 4.74 Å². The zero-order valence-corrected chi connectivity index (χ0v) is 17.1. The molecule has 0 saturated heterocycles. The van der Waals surface area contributed by atoms with Crippen molar-refractivity contribution in [2.45, 2.75) is 26.4 Å². The molecule has 0 radical (unpaired) electrons. The van der Waals surface area contributed by atoms with E-state index in [0.717, 1.165) is 17.7 Å². The maximum absolute atomic E-state index is 12.3. The van der Waals surface area contributed by atoms with E-state index in [-0.39, 0.29) is 12.1 Å². The molecular formula is C21H20ClN3O2S. The summed E-state index contributed by atoms with van der Waals surface area (Å²) in [6.45, 7) is 3.84. The molecule has 0 amide bonds. The number of anilines is 1. The van der Waals surface area contributed by atoms with Crippen LogP contribution < -0.4 is 5.43 Å². The molecule has 2 aromatic carbocycles. The molecule has 0 spiro atoms. The number of thiazole rings is 1. The van der Waals surface area contributed by atoms with Gasteiger partial charge in [0, 0.05) is 21.5 Å². The summed E-state index contributed by atoms with van der Waals surface area (Å²) in [5.41, 5.74) is 5.71. The average Bonchev–Trinajstić information content (AvgIpc) is 3.17. The summed E-state index contributed by atoms with van der Waals surface area (Å²) in [5, 5.41) is 7.41. The van der Waals surface area contributed by atoms with Gasteiger partial charge in [0.15, 0.2) is 0 Å².